The number of carbonyl (C=O) groups is 1. The van der Waals surface area contributed by atoms with E-state index in [-0.39, 0.29) is 5.82 Å². The van der Waals surface area contributed by atoms with Crippen LogP contribution >= 0.6 is 22.6 Å². The molecule has 0 aliphatic carbocycles. The van der Waals surface area contributed by atoms with Gasteiger partial charge in [-0.1, -0.05) is 6.07 Å². The van der Waals surface area contributed by atoms with Crippen LogP contribution in [0.4, 0.5) is 4.39 Å². The first-order valence-electron chi connectivity index (χ1n) is 3.83. The van der Waals surface area contributed by atoms with Crippen molar-refractivity contribution >= 4 is 28.6 Å². The van der Waals surface area contributed by atoms with Gasteiger partial charge in [-0.3, -0.25) is 0 Å². The summed E-state index contributed by atoms with van der Waals surface area (Å²) in [5, 5.41) is 8.83. The fourth-order valence-electron chi connectivity index (χ4n) is 0.943. The third-order valence-corrected chi connectivity index (χ3v) is 2.79. The molecule has 0 aromatic heterocycles. The highest BCUT2D eigenvalue weighted by molar-refractivity contribution is 14.1. The van der Waals surface area contributed by atoms with Crippen molar-refractivity contribution < 1.29 is 14.3 Å². The Labute approximate surface area is 94.2 Å². The van der Waals surface area contributed by atoms with E-state index in [9.17, 15) is 9.18 Å². The minimum absolute atomic E-state index is 0.359. The molecule has 3 nitrogen and oxygen atoms in total. The van der Waals surface area contributed by atoms with E-state index in [2.05, 4.69) is 0 Å². The monoisotopic (exact) mass is 309 g/mol. The van der Waals surface area contributed by atoms with Crippen LogP contribution in [0.1, 0.15) is 12.5 Å². The summed E-state index contributed by atoms with van der Waals surface area (Å²) in [6.07, 6.45) is 0. The maximum atomic E-state index is 12.9. The largest absolute Gasteiger partial charge is 0.480 e. The third-order valence-electron chi connectivity index (χ3n) is 1.96. The molecule has 1 unspecified atom stereocenters. The standard InChI is InChI=1S/C9H9FINO2/c1-9(12,8(13)14)5-2-3-6(10)7(11)4-5/h2-4H,12H2,1H3,(H,13,14). The van der Waals surface area contributed by atoms with E-state index in [1.807, 2.05) is 0 Å². The quantitative estimate of drug-likeness (QED) is 0.817. The number of halogens is 2. The number of nitrogens with two attached hydrogens (primary N) is 1. The number of hydrogen-bond acceptors (Lipinski definition) is 2. The molecule has 1 aromatic rings. The fraction of sp³-hybridized carbons (Fsp3) is 0.222. The summed E-state index contributed by atoms with van der Waals surface area (Å²) < 4.78 is 13.3. The molecule has 14 heavy (non-hydrogen) atoms. The summed E-state index contributed by atoms with van der Waals surface area (Å²) in [5.74, 6) is -1.52. The minimum Gasteiger partial charge on any atom is -0.480 e. The van der Waals surface area contributed by atoms with E-state index >= 15 is 0 Å². The number of benzene rings is 1. The van der Waals surface area contributed by atoms with Crippen LogP contribution < -0.4 is 5.73 Å². The number of carboxylic acid groups (broad SMARTS) is 1. The molecule has 1 aromatic carbocycles. The van der Waals surface area contributed by atoms with Crippen LogP contribution in [0.25, 0.3) is 0 Å². The van der Waals surface area contributed by atoms with Crippen molar-refractivity contribution in [1.29, 1.82) is 0 Å². The molecule has 0 aliphatic heterocycles. The topological polar surface area (TPSA) is 63.3 Å². The van der Waals surface area contributed by atoms with Crippen LogP contribution in [0, 0.1) is 9.39 Å². The summed E-state index contributed by atoms with van der Waals surface area (Å²) in [5.41, 5.74) is 4.48. The van der Waals surface area contributed by atoms with E-state index in [1.165, 1.54) is 25.1 Å². The lowest BCUT2D eigenvalue weighted by atomic mass is 9.93. The van der Waals surface area contributed by atoms with E-state index in [0.717, 1.165) is 0 Å². The van der Waals surface area contributed by atoms with Gasteiger partial charge in [0.05, 0.1) is 0 Å². The fourth-order valence-corrected chi connectivity index (χ4v) is 1.46. The Hall–Kier alpha value is -0.690. The summed E-state index contributed by atoms with van der Waals surface area (Å²) in [6, 6.07) is 4.03. The van der Waals surface area contributed by atoms with Crippen LogP contribution in [-0.2, 0) is 10.3 Å². The molecular weight excluding hydrogens is 300 g/mol. The average Bonchev–Trinajstić information content (AvgIpc) is 2.09. The first-order valence-corrected chi connectivity index (χ1v) is 4.91. The van der Waals surface area contributed by atoms with E-state index in [0.29, 0.717) is 9.13 Å². The molecule has 0 spiro atoms. The van der Waals surface area contributed by atoms with Crippen LogP contribution in [0.5, 0.6) is 0 Å². The number of hydrogen-bond donors (Lipinski definition) is 2. The second kappa shape index (κ2) is 3.82. The number of aliphatic carboxylic acids is 1. The Morgan fingerprint density at radius 3 is 2.64 bits per heavy atom. The second-order valence-electron chi connectivity index (χ2n) is 3.14. The van der Waals surface area contributed by atoms with Gasteiger partial charge >= 0.3 is 5.97 Å². The van der Waals surface area contributed by atoms with E-state index < -0.39 is 11.5 Å². The van der Waals surface area contributed by atoms with Crippen molar-refractivity contribution in [2.45, 2.75) is 12.5 Å². The lowest BCUT2D eigenvalue weighted by molar-refractivity contribution is -0.143. The SMILES string of the molecule is CC(N)(C(=O)O)c1ccc(F)c(I)c1. The molecule has 1 rings (SSSR count). The lowest BCUT2D eigenvalue weighted by Gasteiger charge is -2.19. The Bertz CT molecular complexity index is 379. The van der Waals surface area contributed by atoms with Gasteiger partial charge in [-0.2, -0.15) is 0 Å². The molecule has 0 bridgehead atoms. The molecule has 1 atom stereocenters. The highest BCUT2D eigenvalue weighted by atomic mass is 127. The average molecular weight is 309 g/mol. The van der Waals surface area contributed by atoms with Gasteiger partial charge in [0.25, 0.3) is 0 Å². The van der Waals surface area contributed by atoms with Crippen molar-refractivity contribution in [3.63, 3.8) is 0 Å². The third kappa shape index (κ3) is 2.03. The number of rotatable bonds is 2. The van der Waals surface area contributed by atoms with Gasteiger partial charge in [0, 0.05) is 3.57 Å². The molecule has 0 saturated carbocycles. The van der Waals surface area contributed by atoms with Gasteiger partial charge < -0.3 is 10.8 Å². The molecule has 76 valence electrons. The zero-order chi connectivity index (χ0) is 10.9. The van der Waals surface area contributed by atoms with Crippen LogP contribution in [0.2, 0.25) is 0 Å². The summed E-state index contributed by atoms with van der Waals surface area (Å²) >= 11 is 1.79. The van der Waals surface area contributed by atoms with Gasteiger partial charge in [-0.25, -0.2) is 9.18 Å². The van der Waals surface area contributed by atoms with Gasteiger partial charge in [0.1, 0.15) is 11.4 Å². The van der Waals surface area contributed by atoms with Gasteiger partial charge in [-0.15, -0.1) is 0 Å². The first kappa shape index (κ1) is 11.4. The minimum atomic E-state index is -1.48. The zero-order valence-corrected chi connectivity index (χ0v) is 9.58. The molecule has 0 saturated heterocycles. The Balaban J connectivity index is 3.21. The lowest BCUT2D eigenvalue weighted by Crippen LogP contribution is -2.41. The highest BCUT2D eigenvalue weighted by Crippen LogP contribution is 2.21. The first-order chi connectivity index (χ1) is 6.35. The zero-order valence-electron chi connectivity index (χ0n) is 7.42. The second-order valence-corrected chi connectivity index (χ2v) is 4.30. The molecule has 0 fully saturated rings. The summed E-state index contributed by atoms with van der Waals surface area (Å²) in [7, 11) is 0. The molecule has 0 radical (unpaired) electrons. The smallest absolute Gasteiger partial charge is 0.328 e. The van der Waals surface area contributed by atoms with Crippen molar-refractivity contribution in [1.82, 2.24) is 0 Å². The maximum absolute atomic E-state index is 12.9. The van der Waals surface area contributed by atoms with Crippen molar-refractivity contribution in [3.8, 4) is 0 Å². The molecule has 0 aliphatic rings. The van der Waals surface area contributed by atoms with Crippen LogP contribution in [-0.4, -0.2) is 11.1 Å². The van der Waals surface area contributed by atoms with Crippen LogP contribution in [0.3, 0.4) is 0 Å². The predicted octanol–water partition coefficient (Wildman–Crippen LogP) is 1.69. The highest BCUT2D eigenvalue weighted by Gasteiger charge is 2.30. The summed E-state index contributed by atoms with van der Waals surface area (Å²) in [4.78, 5) is 10.8. The van der Waals surface area contributed by atoms with Gasteiger partial charge in [0.15, 0.2) is 0 Å². The summed E-state index contributed by atoms with van der Waals surface area (Å²) in [6.45, 7) is 1.37. The Kier molecular flexibility index (Phi) is 3.10. The maximum Gasteiger partial charge on any atom is 0.328 e. The Morgan fingerprint density at radius 1 is 1.64 bits per heavy atom. The van der Waals surface area contributed by atoms with E-state index in [1.54, 1.807) is 22.6 Å². The molecule has 0 heterocycles. The van der Waals surface area contributed by atoms with E-state index in [4.69, 9.17) is 10.8 Å². The van der Waals surface area contributed by atoms with Crippen LogP contribution in [0.15, 0.2) is 18.2 Å². The molecule has 5 heteroatoms. The van der Waals surface area contributed by atoms with Gasteiger partial charge in [-0.05, 0) is 47.2 Å². The van der Waals surface area contributed by atoms with Crippen molar-refractivity contribution in [2.75, 3.05) is 0 Å². The Morgan fingerprint density at radius 2 is 2.21 bits per heavy atom. The molecule has 3 N–H and O–H groups in total. The van der Waals surface area contributed by atoms with Crippen molar-refractivity contribution in [2.24, 2.45) is 5.73 Å². The van der Waals surface area contributed by atoms with Crippen molar-refractivity contribution in [3.05, 3.63) is 33.1 Å². The van der Waals surface area contributed by atoms with Gasteiger partial charge in [0.2, 0.25) is 0 Å². The predicted molar refractivity (Wildman–Crippen MR) is 58.3 cm³/mol. The molecular formula is C9H9FINO2. The molecule has 0 amide bonds. The normalized spacial score (nSPS) is 14.9. The number of carboxylic acids is 1.